The van der Waals surface area contributed by atoms with Crippen LogP contribution in [0.25, 0.3) is 5.76 Å². The van der Waals surface area contributed by atoms with Crippen LogP contribution in [0, 0.1) is 0 Å². The Hall–Kier alpha value is -2.05. The summed E-state index contributed by atoms with van der Waals surface area (Å²) in [7, 11) is 2.62. The van der Waals surface area contributed by atoms with Crippen LogP contribution in [0.5, 0.6) is 0 Å². The van der Waals surface area contributed by atoms with Crippen LogP contribution < -0.4 is 0 Å². The molecular weight excluding hydrogens is 264 g/mol. The summed E-state index contributed by atoms with van der Waals surface area (Å²) in [5.74, 6) is -1.38. The Morgan fingerprint density at radius 1 is 1.20 bits per heavy atom. The Morgan fingerprint density at radius 2 is 1.80 bits per heavy atom. The lowest BCUT2D eigenvalue weighted by Gasteiger charge is -2.11. The molecule has 1 aromatic rings. The summed E-state index contributed by atoms with van der Waals surface area (Å²) in [5.41, 5.74) is 1.37. The summed E-state index contributed by atoms with van der Waals surface area (Å²) in [6.45, 7) is -0.308. The molecule has 0 aliphatic heterocycles. The molecule has 1 atom stereocenters. The van der Waals surface area contributed by atoms with Crippen molar-refractivity contribution in [2.75, 3.05) is 20.8 Å². The first-order chi connectivity index (χ1) is 9.53. The van der Waals surface area contributed by atoms with Gasteiger partial charge in [0.2, 0.25) is 5.76 Å². The minimum Gasteiger partial charge on any atom is -0.492 e. The van der Waals surface area contributed by atoms with Gasteiger partial charge in [0.15, 0.2) is 5.76 Å². The van der Waals surface area contributed by atoms with Gasteiger partial charge in [0.05, 0.1) is 26.9 Å². The summed E-state index contributed by atoms with van der Waals surface area (Å²) in [6, 6.07) is 6.78. The molecule has 0 aliphatic rings. The van der Waals surface area contributed by atoms with Gasteiger partial charge in [-0.05, 0) is 5.56 Å². The van der Waals surface area contributed by atoms with Crippen LogP contribution in [-0.4, -0.2) is 48.2 Å². The topological polar surface area (TPSA) is 96.2 Å². The summed E-state index contributed by atoms with van der Waals surface area (Å²) in [4.78, 5) is 11.0. The Balaban J connectivity index is 3.04. The summed E-state index contributed by atoms with van der Waals surface area (Å²) < 4.78 is 9.89. The molecule has 20 heavy (non-hydrogen) atoms. The van der Waals surface area contributed by atoms with E-state index in [0.29, 0.717) is 12.0 Å². The van der Waals surface area contributed by atoms with Crippen molar-refractivity contribution in [3.05, 3.63) is 41.2 Å². The molecule has 0 fully saturated rings. The third kappa shape index (κ3) is 3.97. The molecule has 0 aromatic heterocycles. The minimum atomic E-state index is -1.22. The van der Waals surface area contributed by atoms with E-state index in [9.17, 15) is 9.90 Å². The van der Waals surface area contributed by atoms with Crippen molar-refractivity contribution in [1.29, 1.82) is 0 Å². The minimum absolute atomic E-state index is 0.120. The highest BCUT2D eigenvalue weighted by atomic mass is 16.5. The van der Waals surface area contributed by atoms with Gasteiger partial charge in [0.25, 0.3) is 0 Å². The van der Waals surface area contributed by atoms with Gasteiger partial charge in [-0.15, -0.1) is 0 Å². The zero-order chi connectivity index (χ0) is 15.1. The van der Waals surface area contributed by atoms with Gasteiger partial charge in [-0.3, -0.25) is 0 Å². The Bertz CT molecular complexity index is 477. The van der Waals surface area contributed by atoms with Crippen molar-refractivity contribution < 1.29 is 29.6 Å². The monoisotopic (exact) mass is 282 g/mol. The zero-order valence-electron chi connectivity index (χ0n) is 11.4. The number of aliphatic carboxylic acids is 1. The van der Waals surface area contributed by atoms with Gasteiger partial charge in [0.1, 0.15) is 0 Å². The van der Waals surface area contributed by atoms with Crippen LogP contribution in [0.15, 0.2) is 30.0 Å². The third-order valence-electron chi connectivity index (χ3n) is 2.71. The number of carboxylic acids is 1. The summed E-state index contributed by atoms with van der Waals surface area (Å²) in [6.07, 6.45) is -0.495. The zero-order valence-corrected chi connectivity index (χ0v) is 11.4. The predicted octanol–water partition coefficient (Wildman–Crippen LogP) is 0.628. The number of methoxy groups -OCH3 is 2. The standard InChI is InChI=1S/C14H18O6/c1-19-12(13(20-2)14(17)18)10-5-3-9(4-6-10)7-11(16)8-15/h3-6,11,15-16H,7-8H2,1-2H3,(H,17,18). The largest absolute Gasteiger partial charge is 0.492 e. The number of carboxylic acid groups (broad SMARTS) is 1. The van der Waals surface area contributed by atoms with Gasteiger partial charge in [-0.1, -0.05) is 24.3 Å². The average molecular weight is 282 g/mol. The second-order valence-corrected chi connectivity index (χ2v) is 4.11. The van der Waals surface area contributed by atoms with Crippen molar-refractivity contribution in [2.24, 2.45) is 0 Å². The normalized spacial score (nSPS) is 13.4. The number of aliphatic hydroxyl groups excluding tert-OH is 2. The molecule has 110 valence electrons. The van der Waals surface area contributed by atoms with Gasteiger partial charge < -0.3 is 24.8 Å². The molecule has 0 heterocycles. The van der Waals surface area contributed by atoms with E-state index in [1.807, 2.05) is 0 Å². The second kappa shape index (κ2) is 7.52. The smallest absolute Gasteiger partial charge is 0.375 e. The van der Waals surface area contributed by atoms with E-state index >= 15 is 0 Å². The van der Waals surface area contributed by atoms with Crippen molar-refractivity contribution in [2.45, 2.75) is 12.5 Å². The maximum atomic E-state index is 11.0. The van der Waals surface area contributed by atoms with Gasteiger partial charge in [0, 0.05) is 12.0 Å². The lowest BCUT2D eigenvalue weighted by atomic mass is 10.0. The van der Waals surface area contributed by atoms with Crippen molar-refractivity contribution >= 4 is 11.7 Å². The van der Waals surface area contributed by atoms with E-state index < -0.39 is 12.1 Å². The van der Waals surface area contributed by atoms with E-state index in [0.717, 1.165) is 5.56 Å². The molecule has 1 rings (SSSR count). The highest BCUT2D eigenvalue weighted by Crippen LogP contribution is 2.21. The molecule has 6 heteroatoms. The maximum Gasteiger partial charge on any atom is 0.375 e. The molecule has 1 aromatic carbocycles. The molecule has 0 bridgehead atoms. The fraction of sp³-hybridized carbons (Fsp3) is 0.357. The first-order valence-electron chi connectivity index (χ1n) is 5.97. The predicted molar refractivity (Wildman–Crippen MR) is 71.8 cm³/mol. The van der Waals surface area contributed by atoms with Crippen LogP contribution >= 0.6 is 0 Å². The lowest BCUT2D eigenvalue weighted by molar-refractivity contribution is -0.136. The Labute approximate surface area is 116 Å². The molecule has 6 nitrogen and oxygen atoms in total. The van der Waals surface area contributed by atoms with Crippen molar-refractivity contribution in [3.63, 3.8) is 0 Å². The number of benzene rings is 1. The van der Waals surface area contributed by atoms with Gasteiger partial charge >= 0.3 is 5.97 Å². The van der Waals surface area contributed by atoms with E-state index in [2.05, 4.69) is 0 Å². The molecule has 0 radical (unpaired) electrons. The van der Waals surface area contributed by atoms with Crippen LogP contribution in [0.4, 0.5) is 0 Å². The fourth-order valence-electron chi connectivity index (χ4n) is 1.75. The maximum absolute atomic E-state index is 11.0. The molecule has 0 aliphatic carbocycles. The number of carbonyl (C=O) groups is 1. The second-order valence-electron chi connectivity index (χ2n) is 4.11. The van der Waals surface area contributed by atoms with Gasteiger partial charge in [-0.2, -0.15) is 0 Å². The van der Waals surface area contributed by atoms with Crippen molar-refractivity contribution in [1.82, 2.24) is 0 Å². The number of ether oxygens (including phenoxy) is 2. The quantitative estimate of drug-likeness (QED) is 0.501. The lowest BCUT2D eigenvalue weighted by Crippen LogP contribution is -2.15. The Kier molecular flexibility index (Phi) is 6.02. The number of aliphatic hydroxyl groups is 2. The number of hydrogen-bond donors (Lipinski definition) is 3. The van der Waals surface area contributed by atoms with E-state index in [4.69, 9.17) is 19.7 Å². The highest BCUT2D eigenvalue weighted by molar-refractivity contribution is 5.92. The molecule has 0 saturated heterocycles. The molecular formula is C14H18O6. The van der Waals surface area contributed by atoms with E-state index in [1.165, 1.54) is 14.2 Å². The van der Waals surface area contributed by atoms with Crippen LogP contribution in [0.3, 0.4) is 0 Å². The highest BCUT2D eigenvalue weighted by Gasteiger charge is 2.18. The van der Waals surface area contributed by atoms with E-state index in [1.54, 1.807) is 24.3 Å². The van der Waals surface area contributed by atoms with E-state index in [-0.39, 0.29) is 18.1 Å². The molecule has 0 saturated carbocycles. The number of hydrogen-bond acceptors (Lipinski definition) is 5. The van der Waals surface area contributed by atoms with Crippen LogP contribution in [0.1, 0.15) is 11.1 Å². The first kappa shape index (κ1) is 16.0. The number of rotatable bonds is 7. The average Bonchev–Trinajstić information content (AvgIpc) is 2.45. The SMILES string of the molecule is COC(C(=O)O)=C(OC)c1ccc(CC(O)CO)cc1. The molecule has 0 amide bonds. The Morgan fingerprint density at radius 3 is 2.20 bits per heavy atom. The first-order valence-corrected chi connectivity index (χ1v) is 5.97. The van der Waals surface area contributed by atoms with Crippen LogP contribution in [0.2, 0.25) is 0 Å². The molecule has 1 unspecified atom stereocenters. The summed E-state index contributed by atoms with van der Waals surface area (Å²) >= 11 is 0. The van der Waals surface area contributed by atoms with Crippen LogP contribution in [-0.2, 0) is 20.7 Å². The molecule has 0 spiro atoms. The third-order valence-corrected chi connectivity index (χ3v) is 2.71. The van der Waals surface area contributed by atoms with Gasteiger partial charge in [-0.25, -0.2) is 4.79 Å². The fourth-order valence-corrected chi connectivity index (χ4v) is 1.75. The summed E-state index contributed by atoms with van der Waals surface area (Å²) in [5, 5.41) is 27.2. The molecule has 3 N–H and O–H groups in total. The van der Waals surface area contributed by atoms with Crippen molar-refractivity contribution in [3.8, 4) is 0 Å².